The third-order valence-electron chi connectivity index (χ3n) is 2.47. The quantitative estimate of drug-likeness (QED) is 0.442. The smallest absolute Gasteiger partial charge is 0.322 e. The number of nitrogens with two attached hydrogens (primary N) is 1. The SMILES string of the molecule is CCCCCCCC(N)C(=O)OCCCO. The van der Waals surface area contributed by atoms with Gasteiger partial charge >= 0.3 is 5.97 Å². The number of carbonyl (C=O) groups is 1. The molecule has 0 heterocycles. The first-order chi connectivity index (χ1) is 7.72. The van der Waals surface area contributed by atoms with E-state index in [0.29, 0.717) is 12.8 Å². The van der Waals surface area contributed by atoms with Gasteiger partial charge in [-0.2, -0.15) is 0 Å². The van der Waals surface area contributed by atoms with Gasteiger partial charge in [-0.15, -0.1) is 0 Å². The molecule has 0 aliphatic carbocycles. The van der Waals surface area contributed by atoms with Crippen LogP contribution in [0.1, 0.15) is 51.9 Å². The summed E-state index contributed by atoms with van der Waals surface area (Å²) in [6.07, 6.45) is 6.96. The van der Waals surface area contributed by atoms with Crippen LogP contribution >= 0.6 is 0 Å². The Labute approximate surface area is 98.2 Å². The van der Waals surface area contributed by atoms with Gasteiger partial charge in [0.2, 0.25) is 0 Å². The second-order valence-corrected chi connectivity index (χ2v) is 4.05. The van der Waals surface area contributed by atoms with Gasteiger partial charge in [0, 0.05) is 13.0 Å². The summed E-state index contributed by atoms with van der Waals surface area (Å²) in [5.41, 5.74) is 5.68. The molecule has 3 N–H and O–H groups in total. The van der Waals surface area contributed by atoms with E-state index in [1.165, 1.54) is 19.3 Å². The minimum Gasteiger partial charge on any atom is -0.464 e. The highest BCUT2D eigenvalue weighted by Gasteiger charge is 2.13. The first-order valence-corrected chi connectivity index (χ1v) is 6.25. The highest BCUT2D eigenvalue weighted by atomic mass is 16.5. The van der Waals surface area contributed by atoms with Crippen molar-refractivity contribution in [1.82, 2.24) is 0 Å². The van der Waals surface area contributed by atoms with Crippen LogP contribution in [-0.2, 0) is 9.53 Å². The molecule has 0 radical (unpaired) electrons. The van der Waals surface area contributed by atoms with E-state index in [0.717, 1.165) is 12.8 Å². The Morgan fingerprint density at radius 1 is 1.25 bits per heavy atom. The van der Waals surface area contributed by atoms with E-state index in [1.54, 1.807) is 0 Å². The van der Waals surface area contributed by atoms with E-state index < -0.39 is 6.04 Å². The summed E-state index contributed by atoms with van der Waals surface area (Å²) < 4.78 is 4.90. The third kappa shape index (κ3) is 8.68. The molecule has 0 aromatic carbocycles. The van der Waals surface area contributed by atoms with Crippen LogP contribution in [-0.4, -0.2) is 30.3 Å². The van der Waals surface area contributed by atoms with E-state index in [2.05, 4.69) is 6.92 Å². The molecule has 0 bridgehead atoms. The Morgan fingerprint density at radius 3 is 2.56 bits per heavy atom. The number of ether oxygens (including phenoxy) is 1. The zero-order valence-corrected chi connectivity index (χ0v) is 10.3. The number of rotatable bonds is 10. The molecule has 0 spiro atoms. The molecule has 4 nitrogen and oxygen atoms in total. The molecule has 0 amide bonds. The highest BCUT2D eigenvalue weighted by molar-refractivity contribution is 5.75. The maximum Gasteiger partial charge on any atom is 0.322 e. The van der Waals surface area contributed by atoms with Crippen molar-refractivity contribution in [1.29, 1.82) is 0 Å². The van der Waals surface area contributed by atoms with Crippen LogP contribution in [0.3, 0.4) is 0 Å². The summed E-state index contributed by atoms with van der Waals surface area (Å²) in [6, 6.07) is -0.500. The zero-order chi connectivity index (χ0) is 12.2. The second kappa shape index (κ2) is 10.9. The largest absolute Gasteiger partial charge is 0.464 e. The first-order valence-electron chi connectivity index (χ1n) is 6.25. The lowest BCUT2D eigenvalue weighted by Gasteiger charge is -2.10. The minimum atomic E-state index is -0.500. The van der Waals surface area contributed by atoms with Crippen LogP contribution in [0.4, 0.5) is 0 Å². The maximum absolute atomic E-state index is 11.3. The number of esters is 1. The summed E-state index contributed by atoms with van der Waals surface area (Å²) in [7, 11) is 0. The van der Waals surface area contributed by atoms with Gasteiger partial charge < -0.3 is 15.6 Å². The zero-order valence-electron chi connectivity index (χ0n) is 10.3. The fraction of sp³-hybridized carbons (Fsp3) is 0.917. The molecular weight excluding hydrogens is 206 g/mol. The summed E-state index contributed by atoms with van der Waals surface area (Å²) in [5, 5.41) is 8.52. The van der Waals surface area contributed by atoms with Gasteiger partial charge in [0.15, 0.2) is 0 Å². The fourth-order valence-electron chi connectivity index (χ4n) is 1.43. The number of carbonyl (C=O) groups excluding carboxylic acids is 1. The lowest BCUT2D eigenvalue weighted by Crippen LogP contribution is -2.32. The molecule has 0 fully saturated rings. The highest BCUT2D eigenvalue weighted by Crippen LogP contribution is 2.07. The molecule has 1 atom stereocenters. The van der Waals surface area contributed by atoms with Gasteiger partial charge in [-0.3, -0.25) is 4.79 Å². The van der Waals surface area contributed by atoms with Crippen molar-refractivity contribution in [3.05, 3.63) is 0 Å². The molecule has 0 saturated carbocycles. The summed E-state index contributed by atoms with van der Waals surface area (Å²) in [5.74, 6) is -0.344. The predicted molar refractivity (Wildman–Crippen MR) is 64.0 cm³/mol. The lowest BCUT2D eigenvalue weighted by atomic mass is 10.1. The van der Waals surface area contributed by atoms with Crippen molar-refractivity contribution >= 4 is 5.97 Å². The number of hydrogen-bond donors (Lipinski definition) is 2. The Morgan fingerprint density at radius 2 is 1.94 bits per heavy atom. The molecule has 4 heteroatoms. The molecule has 0 saturated heterocycles. The molecule has 0 rings (SSSR count). The average Bonchev–Trinajstić information content (AvgIpc) is 2.28. The van der Waals surface area contributed by atoms with E-state index in [9.17, 15) is 4.79 Å². The summed E-state index contributed by atoms with van der Waals surface area (Å²) in [4.78, 5) is 11.3. The lowest BCUT2D eigenvalue weighted by molar-refractivity contribution is -0.145. The Kier molecular flexibility index (Phi) is 10.5. The number of aliphatic hydroxyl groups excluding tert-OH is 1. The molecule has 0 aliphatic rings. The van der Waals surface area contributed by atoms with E-state index in [4.69, 9.17) is 15.6 Å². The van der Waals surface area contributed by atoms with Crippen LogP contribution in [0.15, 0.2) is 0 Å². The van der Waals surface area contributed by atoms with E-state index >= 15 is 0 Å². The molecule has 0 aliphatic heterocycles. The van der Waals surface area contributed by atoms with Crippen molar-refractivity contribution in [3.8, 4) is 0 Å². The van der Waals surface area contributed by atoms with Gasteiger partial charge in [0.05, 0.1) is 6.61 Å². The third-order valence-corrected chi connectivity index (χ3v) is 2.47. The molecule has 96 valence electrons. The van der Waals surface area contributed by atoms with Crippen molar-refractivity contribution in [3.63, 3.8) is 0 Å². The van der Waals surface area contributed by atoms with Gasteiger partial charge in [-0.25, -0.2) is 0 Å². The van der Waals surface area contributed by atoms with Crippen LogP contribution < -0.4 is 5.73 Å². The molecule has 0 aromatic rings. The van der Waals surface area contributed by atoms with E-state index in [-0.39, 0.29) is 19.2 Å². The fourth-order valence-corrected chi connectivity index (χ4v) is 1.43. The predicted octanol–water partition coefficient (Wildman–Crippen LogP) is 1.60. The standard InChI is InChI=1S/C12H25NO3/c1-2-3-4-5-6-8-11(13)12(15)16-10-7-9-14/h11,14H,2-10,13H2,1H3. The van der Waals surface area contributed by atoms with Crippen molar-refractivity contribution < 1.29 is 14.6 Å². The summed E-state index contributed by atoms with van der Waals surface area (Å²) >= 11 is 0. The molecule has 16 heavy (non-hydrogen) atoms. The van der Waals surface area contributed by atoms with Crippen molar-refractivity contribution in [2.75, 3.05) is 13.2 Å². The van der Waals surface area contributed by atoms with Crippen LogP contribution in [0.25, 0.3) is 0 Å². The average molecular weight is 231 g/mol. The molecular formula is C12H25NO3. The van der Waals surface area contributed by atoms with Crippen LogP contribution in [0.2, 0.25) is 0 Å². The normalized spacial score (nSPS) is 12.4. The van der Waals surface area contributed by atoms with Gasteiger partial charge in [0.1, 0.15) is 6.04 Å². The van der Waals surface area contributed by atoms with E-state index in [1.807, 2.05) is 0 Å². The summed E-state index contributed by atoms with van der Waals surface area (Å²) in [6.45, 7) is 2.47. The maximum atomic E-state index is 11.3. The minimum absolute atomic E-state index is 0.0412. The van der Waals surface area contributed by atoms with Crippen molar-refractivity contribution in [2.24, 2.45) is 5.73 Å². The first kappa shape index (κ1) is 15.4. The number of hydrogen-bond acceptors (Lipinski definition) is 4. The van der Waals surface area contributed by atoms with Gasteiger partial charge in [-0.05, 0) is 6.42 Å². The molecule has 0 aromatic heterocycles. The second-order valence-electron chi connectivity index (χ2n) is 4.05. The Balaban J connectivity index is 3.40. The molecule has 1 unspecified atom stereocenters. The van der Waals surface area contributed by atoms with Crippen molar-refractivity contribution in [2.45, 2.75) is 57.9 Å². The number of aliphatic hydroxyl groups is 1. The van der Waals surface area contributed by atoms with Crippen LogP contribution in [0.5, 0.6) is 0 Å². The number of unbranched alkanes of at least 4 members (excludes halogenated alkanes) is 4. The Bertz CT molecular complexity index is 174. The van der Waals surface area contributed by atoms with Gasteiger partial charge in [-0.1, -0.05) is 39.0 Å². The van der Waals surface area contributed by atoms with Crippen LogP contribution in [0, 0.1) is 0 Å². The Hall–Kier alpha value is -0.610. The van der Waals surface area contributed by atoms with Gasteiger partial charge in [0.25, 0.3) is 0 Å². The topological polar surface area (TPSA) is 72.6 Å². The monoisotopic (exact) mass is 231 g/mol.